The Labute approximate surface area is 106 Å². The molecule has 0 spiro atoms. The number of fused-ring (bicyclic) bond motifs is 1. The van der Waals surface area contributed by atoms with Crippen molar-refractivity contribution in [2.45, 2.75) is 20.4 Å². The second kappa shape index (κ2) is 5.53. The lowest BCUT2D eigenvalue weighted by Crippen LogP contribution is -2.39. The lowest BCUT2D eigenvalue weighted by molar-refractivity contribution is 0.198. The van der Waals surface area contributed by atoms with Crippen LogP contribution in [0.15, 0.2) is 30.6 Å². The van der Waals surface area contributed by atoms with Gasteiger partial charge in [-0.25, -0.2) is 9.78 Å². The zero-order valence-corrected chi connectivity index (χ0v) is 10.8. The maximum absolute atomic E-state index is 11.8. The Balaban J connectivity index is 2.19. The number of aromatic nitrogens is 2. The van der Waals surface area contributed by atoms with E-state index in [-0.39, 0.29) is 6.03 Å². The molecule has 0 saturated carbocycles. The van der Waals surface area contributed by atoms with Gasteiger partial charge in [-0.3, -0.25) is 0 Å². The lowest BCUT2D eigenvalue weighted by atomic mass is 10.4. The zero-order valence-electron chi connectivity index (χ0n) is 10.8. The second-order valence-corrected chi connectivity index (χ2v) is 4.03. The largest absolute Gasteiger partial charge is 0.338 e. The first-order valence-corrected chi connectivity index (χ1v) is 6.20. The van der Waals surface area contributed by atoms with Crippen LogP contribution in [0.5, 0.6) is 0 Å². The number of hydrogen-bond donors (Lipinski definition) is 1. The molecule has 18 heavy (non-hydrogen) atoms. The predicted octanol–water partition coefficient (Wildman–Crippen LogP) is 1.89. The molecule has 96 valence electrons. The van der Waals surface area contributed by atoms with Crippen LogP contribution in [0.1, 0.15) is 19.5 Å². The fraction of sp³-hybridized carbons (Fsp3) is 0.385. The van der Waals surface area contributed by atoms with Crippen molar-refractivity contribution in [1.82, 2.24) is 19.6 Å². The molecule has 5 nitrogen and oxygen atoms in total. The molecule has 0 atom stereocenters. The Morgan fingerprint density at radius 2 is 2.28 bits per heavy atom. The molecule has 2 aromatic rings. The number of carbonyl (C=O) groups excluding carboxylic acids is 1. The number of urea groups is 1. The molecule has 2 rings (SSSR count). The average Bonchev–Trinajstić information content (AvgIpc) is 2.79. The summed E-state index contributed by atoms with van der Waals surface area (Å²) in [5.74, 6) is 0. The average molecular weight is 246 g/mol. The van der Waals surface area contributed by atoms with E-state index in [2.05, 4.69) is 10.3 Å². The fourth-order valence-electron chi connectivity index (χ4n) is 1.89. The van der Waals surface area contributed by atoms with Crippen LogP contribution in [0.3, 0.4) is 0 Å². The van der Waals surface area contributed by atoms with E-state index in [1.54, 1.807) is 4.90 Å². The quantitative estimate of drug-likeness (QED) is 0.895. The fourth-order valence-corrected chi connectivity index (χ4v) is 1.89. The van der Waals surface area contributed by atoms with Gasteiger partial charge in [0, 0.05) is 19.3 Å². The number of nitrogens with zero attached hydrogens (tertiary/aromatic N) is 3. The van der Waals surface area contributed by atoms with Gasteiger partial charge in [0.15, 0.2) is 0 Å². The first kappa shape index (κ1) is 12.4. The third-order valence-corrected chi connectivity index (χ3v) is 2.84. The minimum absolute atomic E-state index is 0.0362. The molecule has 0 unspecified atom stereocenters. The van der Waals surface area contributed by atoms with Gasteiger partial charge in [-0.2, -0.15) is 0 Å². The molecule has 0 radical (unpaired) electrons. The summed E-state index contributed by atoms with van der Waals surface area (Å²) in [6.07, 6.45) is 3.78. The second-order valence-electron chi connectivity index (χ2n) is 4.03. The van der Waals surface area contributed by atoms with E-state index in [1.807, 2.05) is 48.8 Å². The zero-order chi connectivity index (χ0) is 13.0. The number of pyridine rings is 1. The molecule has 0 saturated heterocycles. The summed E-state index contributed by atoms with van der Waals surface area (Å²) in [6, 6.07) is 5.82. The number of imidazole rings is 1. The highest BCUT2D eigenvalue weighted by molar-refractivity contribution is 5.74. The lowest BCUT2D eigenvalue weighted by Gasteiger charge is -2.20. The smallest absolute Gasteiger partial charge is 0.317 e. The summed E-state index contributed by atoms with van der Waals surface area (Å²) in [6.45, 7) is 5.76. The molecule has 0 fully saturated rings. The van der Waals surface area contributed by atoms with Crippen LogP contribution < -0.4 is 5.32 Å². The van der Waals surface area contributed by atoms with E-state index in [0.717, 1.165) is 11.3 Å². The van der Waals surface area contributed by atoms with E-state index in [1.165, 1.54) is 0 Å². The maximum Gasteiger partial charge on any atom is 0.317 e. The van der Waals surface area contributed by atoms with Crippen molar-refractivity contribution in [3.8, 4) is 0 Å². The third kappa shape index (κ3) is 2.45. The molecule has 2 aromatic heterocycles. The van der Waals surface area contributed by atoms with Crippen molar-refractivity contribution in [2.75, 3.05) is 13.1 Å². The van der Waals surface area contributed by atoms with Gasteiger partial charge in [0.25, 0.3) is 0 Å². The molecule has 0 bridgehead atoms. The Bertz CT molecular complexity index is 535. The topological polar surface area (TPSA) is 49.6 Å². The van der Waals surface area contributed by atoms with Crippen LogP contribution >= 0.6 is 0 Å². The van der Waals surface area contributed by atoms with Crippen molar-refractivity contribution in [2.24, 2.45) is 0 Å². The van der Waals surface area contributed by atoms with E-state index in [0.29, 0.717) is 19.6 Å². The van der Waals surface area contributed by atoms with Gasteiger partial charge in [-0.1, -0.05) is 6.07 Å². The monoisotopic (exact) mass is 246 g/mol. The van der Waals surface area contributed by atoms with Gasteiger partial charge in [-0.05, 0) is 26.0 Å². The standard InChI is InChI=1S/C13H18N4O/c1-3-14-13(18)16(4-2)10-11-9-15-12-7-5-6-8-17(11)12/h5-9H,3-4,10H2,1-2H3,(H,14,18). The normalized spacial score (nSPS) is 10.6. The summed E-state index contributed by atoms with van der Waals surface area (Å²) in [4.78, 5) is 17.9. The van der Waals surface area contributed by atoms with E-state index in [4.69, 9.17) is 0 Å². The number of nitrogens with one attached hydrogen (secondary N) is 1. The molecule has 2 heterocycles. The Kier molecular flexibility index (Phi) is 3.82. The van der Waals surface area contributed by atoms with Gasteiger partial charge in [-0.15, -0.1) is 0 Å². The minimum Gasteiger partial charge on any atom is -0.338 e. The predicted molar refractivity (Wildman–Crippen MR) is 70.3 cm³/mol. The summed E-state index contributed by atoms with van der Waals surface area (Å²) in [7, 11) is 0. The van der Waals surface area contributed by atoms with Gasteiger partial charge in [0.2, 0.25) is 0 Å². The highest BCUT2D eigenvalue weighted by Gasteiger charge is 2.13. The van der Waals surface area contributed by atoms with Crippen LogP contribution in [-0.2, 0) is 6.54 Å². The first-order valence-electron chi connectivity index (χ1n) is 6.20. The van der Waals surface area contributed by atoms with Crippen molar-refractivity contribution >= 4 is 11.7 Å². The van der Waals surface area contributed by atoms with Crippen molar-refractivity contribution in [3.63, 3.8) is 0 Å². The first-order chi connectivity index (χ1) is 8.76. The number of rotatable bonds is 4. The molecule has 5 heteroatoms. The minimum atomic E-state index is -0.0362. The van der Waals surface area contributed by atoms with Gasteiger partial charge in [0.05, 0.1) is 18.4 Å². The summed E-state index contributed by atoms with van der Waals surface area (Å²) >= 11 is 0. The van der Waals surface area contributed by atoms with Crippen molar-refractivity contribution in [1.29, 1.82) is 0 Å². The van der Waals surface area contributed by atoms with E-state index in [9.17, 15) is 4.79 Å². The number of carbonyl (C=O) groups is 1. The summed E-state index contributed by atoms with van der Waals surface area (Å²) in [5, 5.41) is 2.81. The molecular weight excluding hydrogens is 228 g/mol. The molecule has 1 N–H and O–H groups in total. The highest BCUT2D eigenvalue weighted by atomic mass is 16.2. The Morgan fingerprint density at radius 3 is 3.00 bits per heavy atom. The maximum atomic E-state index is 11.8. The number of hydrogen-bond acceptors (Lipinski definition) is 2. The Hall–Kier alpha value is -2.04. The van der Waals surface area contributed by atoms with Crippen LogP contribution in [0.4, 0.5) is 4.79 Å². The van der Waals surface area contributed by atoms with Gasteiger partial charge >= 0.3 is 6.03 Å². The van der Waals surface area contributed by atoms with E-state index >= 15 is 0 Å². The molecule has 2 amide bonds. The van der Waals surface area contributed by atoms with Crippen molar-refractivity contribution in [3.05, 3.63) is 36.3 Å². The molecule has 0 aliphatic rings. The molecule has 0 aromatic carbocycles. The Morgan fingerprint density at radius 1 is 1.44 bits per heavy atom. The summed E-state index contributed by atoms with van der Waals surface area (Å²) in [5.41, 5.74) is 1.91. The SMILES string of the molecule is CCNC(=O)N(CC)Cc1cnc2ccccn12. The van der Waals surface area contributed by atoms with Crippen LogP contribution in [0.2, 0.25) is 0 Å². The highest BCUT2D eigenvalue weighted by Crippen LogP contribution is 2.09. The third-order valence-electron chi connectivity index (χ3n) is 2.84. The molecular formula is C13H18N4O. The van der Waals surface area contributed by atoms with Crippen LogP contribution in [0.25, 0.3) is 5.65 Å². The van der Waals surface area contributed by atoms with Crippen LogP contribution in [0, 0.1) is 0 Å². The van der Waals surface area contributed by atoms with E-state index < -0.39 is 0 Å². The van der Waals surface area contributed by atoms with Gasteiger partial charge < -0.3 is 14.6 Å². The van der Waals surface area contributed by atoms with Crippen molar-refractivity contribution < 1.29 is 4.79 Å². The van der Waals surface area contributed by atoms with Crippen LogP contribution in [-0.4, -0.2) is 33.4 Å². The molecule has 0 aliphatic heterocycles. The number of amides is 2. The van der Waals surface area contributed by atoms with Gasteiger partial charge in [0.1, 0.15) is 5.65 Å². The summed E-state index contributed by atoms with van der Waals surface area (Å²) < 4.78 is 2.00. The molecule has 0 aliphatic carbocycles.